The predicted octanol–water partition coefficient (Wildman–Crippen LogP) is 4.60. The van der Waals surface area contributed by atoms with Crippen LogP contribution in [0.25, 0.3) is 28.1 Å². The molecule has 0 saturated carbocycles. The van der Waals surface area contributed by atoms with Crippen LogP contribution >= 0.6 is 0 Å². The lowest BCUT2D eigenvalue weighted by Gasteiger charge is -2.12. The molecule has 0 amide bonds. The van der Waals surface area contributed by atoms with Crippen LogP contribution in [0.15, 0.2) is 78.0 Å². The van der Waals surface area contributed by atoms with E-state index in [-0.39, 0.29) is 16.3 Å². The Morgan fingerprint density at radius 2 is 1.61 bits per heavy atom. The van der Waals surface area contributed by atoms with Crippen molar-refractivity contribution in [2.45, 2.75) is 18.0 Å². The lowest BCUT2D eigenvalue weighted by atomic mass is 9.98. The third-order valence-corrected chi connectivity index (χ3v) is 6.17. The molecule has 2 N–H and O–H groups in total. The molecule has 4 rings (SSSR count). The molecule has 0 bridgehead atoms. The van der Waals surface area contributed by atoms with Gasteiger partial charge < -0.3 is 5.21 Å². The lowest BCUT2D eigenvalue weighted by Crippen LogP contribution is -2.19. The Hall–Kier alpha value is -3.54. The second-order valence-corrected chi connectivity index (χ2v) is 8.84. The first-order valence-electron chi connectivity index (χ1n) is 9.55. The molecule has 2 aromatic heterocycles. The fourth-order valence-corrected chi connectivity index (χ4v) is 3.95. The van der Waals surface area contributed by atoms with Gasteiger partial charge in [0.25, 0.3) is 10.0 Å². The summed E-state index contributed by atoms with van der Waals surface area (Å²) in [4.78, 5) is 4.93. The number of aryl methyl sites for hydroxylation is 1. The third kappa shape index (κ3) is 4.51. The van der Waals surface area contributed by atoms with Gasteiger partial charge in [-0.3, -0.25) is 4.98 Å². The fourth-order valence-electron chi connectivity index (χ4n) is 3.35. The molecule has 0 aliphatic rings. The number of aromatic nitrogens is 3. The molecular weight excluding hydrogens is 457 g/mol. The Morgan fingerprint density at radius 1 is 0.939 bits per heavy atom. The highest BCUT2D eigenvalue weighted by atomic mass is 32.2. The van der Waals surface area contributed by atoms with Crippen LogP contribution in [0.1, 0.15) is 11.3 Å². The van der Waals surface area contributed by atoms with Gasteiger partial charge in [-0.15, -0.1) is 0 Å². The zero-order valence-electron chi connectivity index (χ0n) is 17.1. The van der Waals surface area contributed by atoms with Crippen molar-refractivity contribution in [3.63, 3.8) is 0 Å². The second kappa shape index (κ2) is 8.43. The lowest BCUT2D eigenvalue weighted by molar-refractivity contribution is -0.141. The molecule has 170 valence electrons. The molecule has 0 aliphatic carbocycles. The van der Waals surface area contributed by atoms with Crippen molar-refractivity contribution in [2.24, 2.45) is 0 Å². The van der Waals surface area contributed by atoms with Gasteiger partial charge in [-0.25, -0.2) is 13.1 Å². The van der Waals surface area contributed by atoms with E-state index in [0.29, 0.717) is 5.56 Å². The number of nitrogens with zero attached hydrogens (tertiary/aromatic N) is 3. The first-order valence-corrected chi connectivity index (χ1v) is 11.0. The maximum absolute atomic E-state index is 13.5. The largest absolute Gasteiger partial charge is 0.435 e. The Kier molecular flexibility index (Phi) is 5.78. The zero-order valence-corrected chi connectivity index (χ0v) is 17.9. The molecule has 33 heavy (non-hydrogen) atoms. The van der Waals surface area contributed by atoms with Crippen LogP contribution in [0.2, 0.25) is 0 Å². The van der Waals surface area contributed by atoms with E-state index in [9.17, 15) is 21.6 Å². The molecule has 7 nitrogen and oxygen atoms in total. The van der Waals surface area contributed by atoms with Crippen molar-refractivity contribution in [1.29, 1.82) is 0 Å². The molecule has 2 heterocycles. The minimum absolute atomic E-state index is 0.187. The fraction of sp³-hybridized carbons (Fsp3) is 0.0909. The van der Waals surface area contributed by atoms with Gasteiger partial charge in [0.15, 0.2) is 5.69 Å². The summed E-state index contributed by atoms with van der Waals surface area (Å²) in [6.07, 6.45) is -1.43. The maximum atomic E-state index is 13.5. The van der Waals surface area contributed by atoms with E-state index >= 15 is 0 Å². The molecule has 11 heteroatoms. The molecule has 0 radical (unpaired) electrons. The quantitative estimate of drug-likeness (QED) is 0.412. The van der Waals surface area contributed by atoms with Crippen LogP contribution in [-0.2, 0) is 16.2 Å². The number of hydrogen-bond donors (Lipinski definition) is 2. The van der Waals surface area contributed by atoms with E-state index < -0.39 is 21.9 Å². The van der Waals surface area contributed by atoms with Crippen molar-refractivity contribution < 1.29 is 26.8 Å². The van der Waals surface area contributed by atoms with Gasteiger partial charge in [-0.1, -0.05) is 17.0 Å². The van der Waals surface area contributed by atoms with E-state index in [1.165, 1.54) is 17.0 Å². The number of nitrogens with one attached hydrogen (secondary N) is 1. The molecule has 0 fully saturated rings. The Labute approximate surface area is 187 Å². The normalized spacial score (nSPS) is 12.2. The third-order valence-electron chi connectivity index (χ3n) is 5.04. The molecule has 0 spiro atoms. The van der Waals surface area contributed by atoms with Gasteiger partial charge in [0.1, 0.15) is 0 Å². The van der Waals surface area contributed by atoms with Crippen LogP contribution in [0.5, 0.6) is 0 Å². The number of halogens is 3. The van der Waals surface area contributed by atoms with Gasteiger partial charge in [0.05, 0.1) is 16.3 Å². The summed E-state index contributed by atoms with van der Waals surface area (Å²) in [5.41, 5.74) is 2.21. The van der Waals surface area contributed by atoms with Gasteiger partial charge >= 0.3 is 6.18 Å². The van der Waals surface area contributed by atoms with Crippen molar-refractivity contribution >= 4 is 10.0 Å². The molecular formula is C22H17F3N4O3S. The average molecular weight is 474 g/mol. The SMILES string of the molecule is Cc1ccc(-c2ccncc2)cc1-c1cc(C(F)(F)F)nn1-c1ccc(S(=O)(=O)NO)cc1. The highest BCUT2D eigenvalue weighted by Crippen LogP contribution is 2.36. The summed E-state index contributed by atoms with van der Waals surface area (Å²) >= 11 is 0. The van der Waals surface area contributed by atoms with E-state index in [2.05, 4.69) is 10.1 Å². The summed E-state index contributed by atoms with van der Waals surface area (Å²) in [5, 5.41) is 12.5. The van der Waals surface area contributed by atoms with Crippen LogP contribution in [0, 0.1) is 6.92 Å². The van der Waals surface area contributed by atoms with Gasteiger partial charge in [0, 0.05) is 18.0 Å². The summed E-state index contributed by atoms with van der Waals surface area (Å²) < 4.78 is 65.2. The molecule has 2 aromatic carbocycles. The average Bonchev–Trinajstić information content (AvgIpc) is 3.26. The van der Waals surface area contributed by atoms with Gasteiger partial charge in [0.2, 0.25) is 0 Å². The summed E-state index contributed by atoms with van der Waals surface area (Å²) in [6, 6.07) is 14.9. The van der Waals surface area contributed by atoms with Crippen molar-refractivity contribution in [3.8, 4) is 28.1 Å². The van der Waals surface area contributed by atoms with E-state index in [0.717, 1.165) is 39.6 Å². The predicted molar refractivity (Wildman–Crippen MR) is 114 cm³/mol. The highest BCUT2D eigenvalue weighted by Gasteiger charge is 2.35. The van der Waals surface area contributed by atoms with E-state index in [1.54, 1.807) is 43.6 Å². The highest BCUT2D eigenvalue weighted by molar-refractivity contribution is 7.89. The second-order valence-electron chi connectivity index (χ2n) is 7.18. The first kappa shape index (κ1) is 22.6. The molecule has 0 unspecified atom stereocenters. The van der Waals surface area contributed by atoms with Gasteiger partial charge in [-0.05, 0) is 72.1 Å². The smallest absolute Gasteiger partial charge is 0.302 e. The minimum Gasteiger partial charge on any atom is -0.302 e. The number of alkyl halides is 3. The Bertz CT molecular complexity index is 1400. The number of hydrogen-bond acceptors (Lipinski definition) is 5. The van der Waals surface area contributed by atoms with Crippen molar-refractivity contribution in [1.82, 2.24) is 19.6 Å². The number of rotatable bonds is 5. The monoisotopic (exact) mass is 474 g/mol. The van der Waals surface area contributed by atoms with Crippen LogP contribution in [0.4, 0.5) is 13.2 Å². The van der Waals surface area contributed by atoms with E-state index in [1.807, 2.05) is 6.07 Å². The Balaban J connectivity index is 1.89. The Morgan fingerprint density at radius 3 is 2.21 bits per heavy atom. The molecule has 0 atom stereocenters. The number of benzene rings is 2. The zero-order chi connectivity index (χ0) is 23.8. The molecule has 0 saturated heterocycles. The molecule has 0 aliphatic heterocycles. The number of sulfonamides is 1. The van der Waals surface area contributed by atoms with Crippen LogP contribution in [-0.4, -0.2) is 28.4 Å². The van der Waals surface area contributed by atoms with Gasteiger partial charge in [-0.2, -0.15) is 18.3 Å². The minimum atomic E-state index is -4.68. The first-order chi connectivity index (χ1) is 15.6. The summed E-state index contributed by atoms with van der Waals surface area (Å²) in [5.74, 6) is 0. The van der Waals surface area contributed by atoms with Crippen molar-refractivity contribution in [3.05, 3.63) is 84.3 Å². The van der Waals surface area contributed by atoms with Crippen LogP contribution < -0.4 is 4.89 Å². The molecule has 4 aromatic rings. The summed E-state index contributed by atoms with van der Waals surface area (Å²) in [7, 11) is -4.13. The van der Waals surface area contributed by atoms with Crippen LogP contribution in [0.3, 0.4) is 0 Å². The standard InChI is InChI=1S/C22H17F3N4O3S/c1-14-2-3-16(15-8-10-26-11-9-15)12-19(14)20-13-21(22(23,24)25)27-29(20)17-4-6-18(7-5-17)33(31,32)28-30/h2-13,28,30H,1H3. The van der Waals surface area contributed by atoms with Crippen molar-refractivity contribution in [2.75, 3.05) is 0 Å². The number of pyridine rings is 1. The maximum Gasteiger partial charge on any atom is 0.435 e. The summed E-state index contributed by atoms with van der Waals surface area (Å²) in [6.45, 7) is 1.78. The van der Waals surface area contributed by atoms with E-state index in [4.69, 9.17) is 5.21 Å². The topological polar surface area (TPSA) is 97.1 Å².